The summed E-state index contributed by atoms with van der Waals surface area (Å²) < 4.78 is 29.3. The maximum Gasteiger partial charge on any atom is 0.259 e. The van der Waals surface area contributed by atoms with Gasteiger partial charge in [-0.2, -0.15) is 0 Å². The second kappa shape index (κ2) is 5.75. The molecule has 0 N–H and O–H groups in total. The Morgan fingerprint density at radius 3 is 2.32 bits per heavy atom. The smallest absolute Gasteiger partial charge is 0.259 e. The van der Waals surface area contributed by atoms with Crippen LogP contribution in [0.15, 0.2) is 30.6 Å². The first-order chi connectivity index (χ1) is 10.6. The zero-order valence-corrected chi connectivity index (χ0v) is 12.2. The third kappa shape index (κ3) is 2.54. The number of aryl methyl sites for hydroxylation is 1. The van der Waals surface area contributed by atoms with Crippen LogP contribution in [0.25, 0.3) is 0 Å². The fraction of sp³-hybridized carbons (Fsp3) is 0.333. The Bertz CT molecular complexity index is 672. The standard InChI is InChI=1S/C15H16F2N4O/c1-19-6-5-18-15(19)21-9-7-20(8-10-21)14(22)13-11(16)3-2-4-12(13)17/h2-6H,7-10H2,1H3. The van der Waals surface area contributed by atoms with Gasteiger partial charge in [0, 0.05) is 45.6 Å². The van der Waals surface area contributed by atoms with E-state index in [0.717, 1.165) is 18.1 Å². The maximum absolute atomic E-state index is 13.7. The van der Waals surface area contributed by atoms with Crippen LogP contribution in [0.3, 0.4) is 0 Å². The highest BCUT2D eigenvalue weighted by Crippen LogP contribution is 2.18. The fourth-order valence-electron chi connectivity index (χ4n) is 2.63. The maximum atomic E-state index is 13.7. The van der Waals surface area contributed by atoms with Crippen LogP contribution < -0.4 is 4.90 Å². The number of piperazine rings is 1. The number of hydrogen-bond donors (Lipinski definition) is 0. The number of carbonyl (C=O) groups excluding carboxylic acids is 1. The average Bonchev–Trinajstić information content (AvgIpc) is 2.93. The van der Waals surface area contributed by atoms with Crippen molar-refractivity contribution in [1.29, 1.82) is 0 Å². The van der Waals surface area contributed by atoms with E-state index in [1.807, 2.05) is 22.7 Å². The Morgan fingerprint density at radius 1 is 1.14 bits per heavy atom. The van der Waals surface area contributed by atoms with Crippen LogP contribution in [0.5, 0.6) is 0 Å². The number of rotatable bonds is 2. The molecule has 0 radical (unpaired) electrons. The van der Waals surface area contributed by atoms with Crippen molar-refractivity contribution in [2.75, 3.05) is 31.1 Å². The summed E-state index contributed by atoms with van der Waals surface area (Å²) in [6.07, 6.45) is 3.56. The lowest BCUT2D eigenvalue weighted by Crippen LogP contribution is -2.49. The molecule has 1 aliphatic heterocycles. The average molecular weight is 306 g/mol. The lowest BCUT2D eigenvalue weighted by atomic mass is 10.1. The highest BCUT2D eigenvalue weighted by atomic mass is 19.1. The molecule has 0 bridgehead atoms. The van der Waals surface area contributed by atoms with Gasteiger partial charge in [-0.25, -0.2) is 13.8 Å². The van der Waals surface area contributed by atoms with Crippen molar-refractivity contribution in [3.63, 3.8) is 0 Å². The quantitative estimate of drug-likeness (QED) is 0.847. The predicted octanol–water partition coefficient (Wildman–Crippen LogP) is 1.66. The SMILES string of the molecule is Cn1ccnc1N1CCN(C(=O)c2c(F)cccc2F)CC1. The molecular formula is C15H16F2N4O. The van der Waals surface area contributed by atoms with Gasteiger partial charge < -0.3 is 14.4 Å². The lowest BCUT2D eigenvalue weighted by molar-refractivity contribution is 0.0736. The number of anilines is 1. The van der Waals surface area contributed by atoms with Gasteiger partial charge in [0.1, 0.15) is 17.2 Å². The van der Waals surface area contributed by atoms with Crippen molar-refractivity contribution in [1.82, 2.24) is 14.5 Å². The minimum atomic E-state index is -0.823. The third-order valence-corrected chi connectivity index (χ3v) is 3.82. The highest BCUT2D eigenvalue weighted by Gasteiger charge is 2.27. The lowest BCUT2D eigenvalue weighted by Gasteiger charge is -2.35. The molecule has 5 nitrogen and oxygen atoms in total. The number of hydrogen-bond acceptors (Lipinski definition) is 3. The molecule has 1 aliphatic rings. The number of benzene rings is 1. The van der Waals surface area contributed by atoms with E-state index in [0.29, 0.717) is 26.2 Å². The second-order valence-electron chi connectivity index (χ2n) is 5.21. The molecule has 0 spiro atoms. The van der Waals surface area contributed by atoms with Crippen molar-refractivity contribution < 1.29 is 13.6 Å². The molecule has 1 amide bonds. The molecule has 3 rings (SSSR count). The number of aromatic nitrogens is 2. The van der Waals surface area contributed by atoms with E-state index in [9.17, 15) is 13.6 Å². The van der Waals surface area contributed by atoms with Crippen LogP contribution in [-0.2, 0) is 7.05 Å². The van der Waals surface area contributed by atoms with Gasteiger partial charge >= 0.3 is 0 Å². The molecule has 2 aromatic rings. The summed E-state index contributed by atoms with van der Waals surface area (Å²) in [7, 11) is 1.90. The van der Waals surface area contributed by atoms with Crippen LogP contribution >= 0.6 is 0 Å². The van der Waals surface area contributed by atoms with Crippen LogP contribution in [0.1, 0.15) is 10.4 Å². The molecule has 1 aromatic heterocycles. The molecule has 0 atom stereocenters. The van der Waals surface area contributed by atoms with E-state index in [2.05, 4.69) is 4.98 Å². The molecule has 2 heterocycles. The number of amides is 1. The van der Waals surface area contributed by atoms with Gasteiger partial charge in [-0.05, 0) is 12.1 Å². The van der Waals surface area contributed by atoms with Crippen molar-refractivity contribution in [3.05, 3.63) is 47.8 Å². The molecule has 0 unspecified atom stereocenters. The van der Waals surface area contributed by atoms with Gasteiger partial charge in [0.2, 0.25) is 5.95 Å². The minimum Gasteiger partial charge on any atom is -0.339 e. The summed E-state index contributed by atoms with van der Waals surface area (Å²) in [4.78, 5) is 20.1. The first-order valence-corrected chi connectivity index (χ1v) is 7.03. The Morgan fingerprint density at radius 2 is 1.77 bits per heavy atom. The van der Waals surface area contributed by atoms with E-state index >= 15 is 0 Å². The van der Waals surface area contributed by atoms with E-state index in [1.165, 1.54) is 11.0 Å². The zero-order valence-electron chi connectivity index (χ0n) is 12.2. The van der Waals surface area contributed by atoms with Gasteiger partial charge in [0.15, 0.2) is 0 Å². The summed E-state index contributed by atoms with van der Waals surface area (Å²) in [5.74, 6) is -1.42. The van der Waals surface area contributed by atoms with Gasteiger partial charge in [-0.3, -0.25) is 4.79 Å². The second-order valence-corrected chi connectivity index (χ2v) is 5.21. The van der Waals surface area contributed by atoms with E-state index in [-0.39, 0.29) is 0 Å². The topological polar surface area (TPSA) is 41.4 Å². The molecule has 7 heteroatoms. The highest BCUT2D eigenvalue weighted by molar-refractivity contribution is 5.94. The molecule has 0 saturated carbocycles. The fourth-order valence-corrected chi connectivity index (χ4v) is 2.63. The Kier molecular flexibility index (Phi) is 3.79. The number of carbonyl (C=O) groups is 1. The molecule has 0 aliphatic carbocycles. The van der Waals surface area contributed by atoms with Gasteiger partial charge in [0.25, 0.3) is 5.91 Å². The first-order valence-electron chi connectivity index (χ1n) is 7.03. The van der Waals surface area contributed by atoms with Crippen molar-refractivity contribution in [3.8, 4) is 0 Å². The van der Waals surface area contributed by atoms with Crippen molar-refractivity contribution in [2.45, 2.75) is 0 Å². The van der Waals surface area contributed by atoms with Crippen molar-refractivity contribution in [2.24, 2.45) is 7.05 Å². The van der Waals surface area contributed by atoms with Gasteiger partial charge in [0.05, 0.1) is 0 Å². The summed E-state index contributed by atoms with van der Waals surface area (Å²) in [6.45, 7) is 1.96. The van der Waals surface area contributed by atoms with Gasteiger partial charge in [-0.1, -0.05) is 6.07 Å². The minimum absolute atomic E-state index is 0.402. The van der Waals surface area contributed by atoms with E-state index in [1.54, 1.807) is 6.20 Å². The summed E-state index contributed by atoms with van der Waals surface area (Å²) in [5.41, 5.74) is -0.479. The van der Waals surface area contributed by atoms with E-state index in [4.69, 9.17) is 0 Å². The predicted molar refractivity (Wildman–Crippen MR) is 77.7 cm³/mol. The largest absolute Gasteiger partial charge is 0.339 e. The van der Waals surface area contributed by atoms with Gasteiger partial charge in [-0.15, -0.1) is 0 Å². The number of nitrogens with zero attached hydrogens (tertiary/aromatic N) is 4. The van der Waals surface area contributed by atoms with Crippen LogP contribution in [-0.4, -0.2) is 46.5 Å². The Labute approximate surface area is 126 Å². The third-order valence-electron chi connectivity index (χ3n) is 3.82. The Hall–Kier alpha value is -2.44. The molecule has 116 valence electrons. The summed E-state index contributed by atoms with van der Waals surface area (Å²) >= 11 is 0. The molecule has 1 saturated heterocycles. The molecule has 22 heavy (non-hydrogen) atoms. The molecule has 1 fully saturated rings. The van der Waals surface area contributed by atoms with E-state index < -0.39 is 23.1 Å². The summed E-state index contributed by atoms with van der Waals surface area (Å²) in [5, 5.41) is 0. The van der Waals surface area contributed by atoms with Crippen LogP contribution in [0.4, 0.5) is 14.7 Å². The van der Waals surface area contributed by atoms with Crippen LogP contribution in [0.2, 0.25) is 0 Å². The first kappa shape index (κ1) is 14.5. The number of imidazole rings is 1. The normalized spacial score (nSPS) is 15.2. The monoisotopic (exact) mass is 306 g/mol. The Balaban J connectivity index is 1.71. The molecule has 1 aromatic carbocycles. The molecular weight excluding hydrogens is 290 g/mol. The van der Waals surface area contributed by atoms with Crippen molar-refractivity contribution >= 4 is 11.9 Å². The summed E-state index contributed by atoms with van der Waals surface area (Å²) in [6, 6.07) is 3.45. The van der Waals surface area contributed by atoms with Crippen LogP contribution in [0, 0.1) is 11.6 Å². The zero-order chi connectivity index (χ0) is 15.7. The number of halogens is 2.